The van der Waals surface area contributed by atoms with Gasteiger partial charge in [-0.05, 0) is 51.1 Å². The van der Waals surface area contributed by atoms with Crippen molar-refractivity contribution in [1.29, 1.82) is 0 Å². The van der Waals surface area contributed by atoms with Crippen LogP contribution in [0.2, 0.25) is 0 Å². The lowest BCUT2D eigenvalue weighted by atomic mass is 10.2. The fraction of sp³-hybridized carbons (Fsp3) is 0.556. The van der Waals surface area contributed by atoms with Gasteiger partial charge in [-0.1, -0.05) is 0 Å². The molecule has 2 rings (SSSR count). The Morgan fingerprint density at radius 3 is 2.32 bits per heavy atom. The molecule has 1 aliphatic heterocycles. The third-order valence-corrected chi connectivity index (χ3v) is 4.13. The Morgan fingerprint density at radius 2 is 1.72 bits per heavy atom. The molecule has 0 atom stereocenters. The number of hydrogen-bond donors (Lipinski definition) is 2. The summed E-state index contributed by atoms with van der Waals surface area (Å²) in [5, 5.41) is 5.21. The van der Waals surface area contributed by atoms with Crippen LogP contribution in [-0.4, -0.2) is 62.0 Å². The number of anilines is 1. The van der Waals surface area contributed by atoms with Crippen LogP contribution >= 0.6 is 0 Å². The first kappa shape index (κ1) is 19.2. The van der Waals surface area contributed by atoms with Gasteiger partial charge >= 0.3 is 11.8 Å². The summed E-state index contributed by atoms with van der Waals surface area (Å²) in [5.74, 6) is -1.37. The van der Waals surface area contributed by atoms with Gasteiger partial charge in [0.15, 0.2) is 0 Å². The summed E-state index contributed by atoms with van der Waals surface area (Å²) in [7, 11) is 0. The molecule has 0 saturated carbocycles. The van der Waals surface area contributed by atoms with E-state index in [2.05, 4.69) is 20.4 Å². The molecule has 2 amide bonds. The number of piperazine rings is 1. The van der Waals surface area contributed by atoms with E-state index in [0.717, 1.165) is 44.8 Å². The third-order valence-electron chi connectivity index (χ3n) is 4.13. The highest BCUT2D eigenvalue weighted by atomic mass is 19.1. The number of nitrogens with zero attached hydrogens (tertiary/aromatic N) is 2. The second kappa shape index (κ2) is 9.36. The van der Waals surface area contributed by atoms with Crippen LogP contribution < -0.4 is 15.5 Å². The van der Waals surface area contributed by atoms with Crippen LogP contribution in [-0.2, 0) is 9.59 Å². The molecule has 7 heteroatoms. The largest absolute Gasteiger partial charge is 0.369 e. The highest BCUT2D eigenvalue weighted by Gasteiger charge is 2.17. The van der Waals surface area contributed by atoms with Crippen molar-refractivity contribution in [2.45, 2.75) is 26.3 Å². The molecule has 0 spiro atoms. The summed E-state index contributed by atoms with van der Waals surface area (Å²) in [6.07, 6.45) is 0.803. The molecular formula is C18H27FN4O2. The maximum Gasteiger partial charge on any atom is 0.309 e. The van der Waals surface area contributed by atoms with Gasteiger partial charge in [0.2, 0.25) is 0 Å². The van der Waals surface area contributed by atoms with Gasteiger partial charge in [0.1, 0.15) is 5.82 Å². The van der Waals surface area contributed by atoms with E-state index in [9.17, 15) is 14.0 Å². The zero-order valence-electron chi connectivity index (χ0n) is 14.9. The molecule has 0 radical (unpaired) electrons. The lowest BCUT2D eigenvalue weighted by molar-refractivity contribution is -0.139. The lowest BCUT2D eigenvalue weighted by Gasteiger charge is -2.36. The molecule has 1 aliphatic rings. The Balaban J connectivity index is 1.62. The monoisotopic (exact) mass is 350 g/mol. The number of carbonyl (C=O) groups is 2. The molecule has 1 saturated heterocycles. The van der Waals surface area contributed by atoms with Gasteiger partial charge in [-0.25, -0.2) is 4.39 Å². The van der Waals surface area contributed by atoms with Crippen molar-refractivity contribution in [3.63, 3.8) is 0 Å². The Hall–Kier alpha value is -2.15. The second-order valence-corrected chi connectivity index (χ2v) is 6.54. The number of benzene rings is 1. The minimum Gasteiger partial charge on any atom is -0.369 e. The zero-order chi connectivity index (χ0) is 18.2. The third kappa shape index (κ3) is 6.34. The van der Waals surface area contributed by atoms with E-state index in [0.29, 0.717) is 6.54 Å². The molecule has 0 unspecified atom stereocenters. The van der Waals surface area contributed by atoms with E-state index >= 15 is 0 Å². The highest BCUT2D eigenvalue weighted by molar-refractivity contribution is 6.35. The summed E-state index contributed by atoms with van der Waals surface area (Å²) < 4.78 is 13.0. The Bertz CT molecular complexity index is 569. The Labute approximate surface area is 148 Å². The summed E-state index contributed by atoms with van der Waals surface area (Å²) in [5.41, 5.74) is 1.05. The first-order chi connectivity index (χ1) is 12.0. The Morgan fingerprint density at radius 1 is 1.08 bits per heavy atom. The molecule has 1 aromatic carbocycles. The van der Waals surface area contributed by atoms with Crippen LogP contribution in [0.5, 0.6) is 0 Å². The molecule has 1 heterocycles. The first-order valence-electron chi connectivity index (χ1n) is 8.77. The van der Waals surface area contributed by atoms with Crippen molar-refractivity contribution >= 4 is 17.5 Å². The van der Waals surface area contributed by atoms with Gasteiger partial charge in [-0.15, -0.1) is 0 Å². The van der Waals surface area contributed by atoms with E-state index in [-0.39, 0.29) is 11.9 Å². The average Bonchev–Trinajstić information content (AvgIpc) is 2.59. The molecule has 0 aromatic heterocycles. The molecule has 0 aliphatic carbocycles. The summed E-state index contributed by atoms with van der Waals surface area (Å²) in [4.78, 5) is 27.6. The standard InChI is InChI=1S/C18H27FN4O2/c1-14(2)21-18(25)17(24)20-8-3-9-22-10-12-23(13-11-22)16-6-4-15(19)5-7-16/h4-7,14H,3,8-13H2,1-2H3,(H,20,24)(H,21,25). The van der Waals surface area contributed by atoms with Gasteiger partial charge in [-0.2, -0.15) is 0 Å². The summed E-state index contributed by atoms with van der Waals surface area (Å²) >= 11 is 0. The lowest BCUT2D eigenvalue weighted by Crippen LogP contribution is -2.47. The molecule has 0 bridgehead atoms. The van der Waals surface area contributed by atoms with E-state index in [1.165, 1.54) is 12.1 Å². The number of hydrogen-bond acceptors (Lipinski definition) is 4. The summed E-state index contributed by atoms with van der Waals surface area (Å²) in [6.45, 7) is 8.65. The maximum atomic E-state index is 13.0. The number of rotatable bonds is 6. The minimum atomic E-state index is -0.581. The van der Waals surface area contributed by atoms with Crippen molar-refractivity contribution in [2.75, 3.05) is 44.2 Å². The van der Waals surface area contributed by atoms with E-state index in [4.69, 9.17) is 0 Å². The molecule has 2 N–H and O–H groups in total. The van der Waals surface area contributed by atoms with Crippen molar-refractivity contribution in [3.8, 4) is 0 Å². The van der Waals surface area contributed by atoms with Crippen molar-refractivity contribution in [3.05, 3.63) is 30.1 Å². The van der Waals surface area contributed by atoms with Gasteiger partial charge in [0.25, 0.3) is 0 Å². The molecular weight excluding hydrogens is 323 g/mol. The average molecular weight is 350 g/mol. The van der Waals surface area contributed by atoms with Crippen LogP contribution in [0.1, 0.15) is 20.3 Å². The quantitative estimate of drug-likeness (QED) is 0.593. The van der Waals surface area contributed by atoms with Crippen LogP contribution in [0.4, 0.5) is 10.1 Å². The molecule has 1 aromatic rings. The molecule has 138 valence electrons. The first-order valence-corrected chi connectivity index (χ1v) is 8.77. The van der Waals surface area contributed by atoms with Gasteiger partial charge in [-0.3, -0.25) is 14.5 Å². The number of halogens is 1. The smallest absolute Gasteiger partial charge is 0.309 e. The van der Waals surface area contributed by atoms with E-state index in [1.54, 1.807) is 0 Å². The number of carbonyl (C=O) groups excluding carboxylic acids is 2. The number of nitrogens with one attached hydrogen (secondary N) is 2. The van der Waals surface area contributed by atoms with Gasteiger partial charge in [0, 0.05) is 44.5 Å². The predicted molar refractivity (Wildman–Crippen MR) is 96.0 cm³/mol. The summed E-state index contributed by atoms with van der Waals surface area (Å²) in [6, 6.07) is 6.54. The van der Waals surface area contributed by atoms with Crippen LogP contribution in [0, 0.1) is 5.82 Å². The van der Waals surface area contributed by atoms with Gasteiger partial charge < -0.3 is 15.5 Å². The zero-order valence-corrected chi connectivity index (χ0v) is 14.9. The molecule has 6 nitrogen and oxygen atoms in total. The van der Waals surface area contributed by atoms with Crippen molar-refractivity contribution < 1.29 is 14.0 Å². The minimum absolute atomic E-state index is 0.0457. The SMILES string of the molecule is CC(C)NC(=O)C(=O)NCCCN1CCN(c2ccc(F)cc2)CC1. The maximum absolute atomic E-state index is 13.0. The van der Waals surface area contributed by atoms with Gasteiger partial charge in [0.05, 0.1) is 0 Å². The fourth-order valence-electron chi connectivity index (χ4n) is 2.79. The normalized spacial score (nSPS) is 15.3. The predicted octanol–water partition coefficient (Wildman–Crippen LogP) is 0.979. The topological polar surface area (TPSA) is 64.7 Å². The highest BCUT2D eigenvalue weighted by Crippen LogP contribution is 2.16. The number of amides is 2. The molecule has 25 heavy (non-hydrogen) atoms. The Kier molecular flexibility index (Phi) is 7.18. The van der Waals surface area contributed by atoms with Crippen LogP contribution in [0.25, 0.3) is 0 Å². The van der Waals surface area contributed by atoms with Crippen molar-refractivity contribution in [2.24, 2.45) is 0 Å². The molecule has 1 fully saturated rings. The van der Waals surface area contributed by atoms with E-state index in [1.807, 2.05) is 26.0 Å². The van der Waals surface area contributed by atoms with Crippen LogP contribution in [0.15, 0.2) is 24.3 Å². The van der Waals surface area contributed by atoms with Crippen LogP contribution in [0.3, 0.4) is 0 Å². The van der Waals surface area contributed by atoms with E-state index < -0.39 is 11.8 Å². The second-order valence-electron chi connectivity index (χ2n) is 6.54. The van der Waals surface area contributed by atoms with Crippen molar-refractivity contribution in [1.82, 2.24) is 15.5 Å². The fourth-order valence-corrected chi connectivity index (χ4v) is 2.79.